The number of benzene rings is 2. The summed E-state index contributed by atoms with van der Waals surface area (Å²) in [4.78, 5) is 24.9. The minimum Gasteiger partial charge on any atom is -0.357 e. The minimum absolute atomic E-state index is 0.159. The molecule has 138 valence electrons. The van der Waals surface area contributed by atoms with Gasteiger partial charge in [-0.25, -0.2) is 0 Å². The number of hydrogen-bond donors (Lipinski definition) is 3. The van der Waals surface area contributed by atoms with Crippen LogP contribution in [0.15, 0.2) is 60.7 Å². The molecule has 0 fully saturated rings. The number of aryl methyl sites for hydroxylation is 1. The highest BCUT2D eigenvalue weighted by atomic mass is 16.2. The topological polar surface area (TPSA) is 70.2 Å². The molecule has 5 heteroatoms. The molecular weight excluding hydrogens is 326 g/mol. The molecule has 0 heterocycles. The zero-order valence-corrected chi connectivity index (χ0v) is 15.4. The molecule has 2 atom stereocenters. The largest absolute Gasteiger partial charge is 0.357 e. The molecule has 0 saturated carbocycles. The Bertz CT molecular complexity index is 689. The third-order valence-electron chi connectivity index (χ3n) is 4.39. The van der Waals surface area contributed by atoms with Crippen molar-refractivity contribution in [3.05, 3.63) is 71.8 Å². The number of carbonyl (C=O) groups excluding carboxylic acids is 2. The molecule has 0 aliphatic heterocycles. The van der Waals surface area contributed by atoms with Gasteiger partial charge in [0.2, 0.25) is 11.8 Å². The molecule has 0 spiro atoms. The van der Waals surface area contributed by atoms with Crippen molar-refractivity contribution in [2.45, 2.75) is 31.3 Å². The highest BCUT2D eigenvalue weighted by molar-refractivity contribution is 5.89. The van der Waals surface area contributed by atoms with Crippen LogP contribution in [0, 0.1) is 0 Å². The van der Waals surface area contributed by atoms with E-state index in [-0.39, 0.29) is 17.9 Å². The lowest BCUT2D eigenvalue weighted by Gasteiger charge is -2.22. The van der Waals surface area contributed by atoms with Gasteiger partial charge in [-0.05, 0) is 31.0 Å². The average Bonchev–Trinajstić information content (AvgIpc) is 2.69. The van der Waals surface area contributed by atoms with Gasteiger partial charge in [0.05, 0.1) is 6.04 Å². The molecule has 0 aliphatic carbocycles. The number of likely N-dealkylation sites (N-methyl/N-ethyl adjacent to an activating group) is 2. The van der Waals surface area contributed by atoms with Crippen molar-refractivity contribution >= 4 is 11.8 Å². The van der Waals surface area contributed by atoms with Gasteiger partial charge in [0.15, 0.2) is 0 Å². The summed E-state index contributed by atoms with van der Waals surface area (Å²) in [5.74, 6) is -0.354. The maximum absolute atomic E-state index is 12.7. The van der Waals surface area contributed by atoms with Crippen molar-refractivity contribution < 1.29 is 9.59 Å². The monoisotopic (exact) mass is 353 g/mol. The fraction of sp³-hybridized carbons (Fsp3) is 0.333. The van der Waals surface area contributed by atoms with Crippen molar-refractivity contribution in [2.24, 2.45) is 0 Å². The van der Waals surface area contributed by atoms with E-state index in [0.29, 0.717) is 12.8 Å². The lowest BCUT2D eigenvalue weighted by Crippen LogP contribution is -2.52. The molecule has 0 saturated heterocycles. The Morgan fingerprint density at radius 2 is 1.38 bits per heavy atom. The fourth-order valence-corrected chi connectivity index (χ4v) is 2.87. The summed E-state index contributed by atoms with van der Waals surface area (Å²) in [6.07, 6.45) is 1.92. The van der Waals surface area contributed by atoms with E-state index in [1.165, 1.54) is 5.56 Å². The highest BCUT2D eigenvalue weighted by Crippen LogP contribution is 2.07. The summed E-state index contributed by atoms with van der Waals surface area (Å²) >= 11 is 0. The number of hydrogen-bond acceptors (Lipinski definition) is 3. The van der Waals surface area contributed by atoms with Crippen LogP contribution < -0.4 is 16.0 Å². The van der Waals surface area contributed by atoms with Gasteiger partial charge >= 0.3 is 0 Å². The Hall–Kier alpha value is -2.66. The van der Waals surface area contributed by atoms with Crippen LogP contribution in [0.4, 0.5) is 0 Å². The summed E-state index contributed by atoms with van der Waals surface area (Å²) in [6, 6.07) is 18.8. The molecule has 0 aromatic heterocycles. The van der Waals surface area contributed by atoms with E-state index in [1.54, 1.807) is 14.1 Å². The first-order valence-corrected chi connectivity index (χ1v) is 8.91. The molecule has 2 aromatic rings. The van der Waals surface area contributed by atoms with E-state index in [4.69, 9.17) is 0 Å². The van der Waals surface area contributed by atoms with Gasteiger partial charge in [0.25, 0.3) is 0 Å². The number of carbonyl (C=O) groups is 2. The van der Waals surface area contributed by atoms with Gasteiger partial charge in [0, 0.05) is 13.5 Å². The Labute approximate surface area is 155 Å². The standard InChI is InChI=1S/C21H27N3O2/c1-22-18(14-13-16-9-5-3-6-10-16)21(26)24-19(20(25)23-2)15-17-11-7-4-8-12-17/h3-12,18-19,22H,13-15H2,1-2H3,(H,23,25)(H,24,26)/t18-,19-/m0/s1. The van der Waals surface area contributed by atoms with Gasteiger partial charge in [-0.2, -0.15) is 0 Å². The van der Waals surface area contributed by atoms with Crippen LogP contribution >= 0.6 is 0 Å². The van der Waals surface area contributed by atoms with Crippen molar-refractivity contribution in [1.82, 2.24) is 16.0 Å². The van der Waals surface area contributed by atoms with Crippen molar-refractivity contribution in [2.75, 3.05) is 14.1 Å². The van der Waals surface area contributed by atoms with Crippen LogP contribution in [0.25, 0.3) is 0 Å². The molecule has 0 bridgehead atoms. The van der Waals surface area contributed by atoms with Crippen LogP contribution in [0.5, 0.6) is 0 Å². The molecular formula is C21H27N3O2. The molecule has 2 rings (SSSR count). The maximum Gasteiger partial charge on any atom is 0.242 e. The Morgan fingerprint density at radius 3 is 1.92 bits per heavy atom. The normalized spacial score (nSPS) is 12.8. The van der Waals surface area contributed by atoms with E-state index >= 15 is 0 Å². The summed E-state index contributed by atoms with van der Waals surface area (Å²) in [7, 11) is 3.35. The van der Waals surface area contributed by atoms with E-state index in [9.17, 15) is 9.59 Å². The van der Waals surface area contributed by atoms with E-state index in [1.807, 2.05) is 60.7 Å². The predicted octanol–water partition coefficient (Wildman–Crippen LogP) is 1.68. The molecule has 2 aromatic carbocycles. The van der Waals surface area contributed by atoms with Gasteiger partial charge in [-0.1, -0.05) is 60.7 Å². The number of rotatable bonds is 9. The van der Waals surface area contributed by atoms with E-state index in [0.717, 1.165) is 12.0 Å². The summed E-state index contributed by atoms with van der Waals surface area (Å²) < 4.78 is 0. The molecule has 3 N–H and O–H groups in total. The zero-order valence-electron chi connectivity index (χ0n) is 15.4. The van der Waals surface area contributed by atoms with Crippen molar-refractivity contribution in [3.8, 4) is 0 Å². The molecule has 2 amide bonds. The van der Waals surface area contributed by atoms with E-state index < -0.39 is 6.04 Å². The predicted molar refractivity (Wildman–Crippen MR) is 104 cm³/mol. The maximum atomic E-state index is 12.7. The zero-order chi connectivity index (χ0) is 18.8. The number of amides is 2. The first kappa shape index (κ1) is 19.7. The van der Waals surface area contributed by atoms with Crippen LogP contribution in [-0.2, 0) is 22.4 Å². The Balaban J connectivity index is 1.98. The minimum atomic E-state index is -0.595. The summed E-state index contributed by atoms with van der Waals surface area (Å²) in [6.45, 7) is 0. The number of nitrogens with one attached hydrogen (secondary N) is 3. The quantitative estimate of drug-likeness (QED) is 0.642. The van der Waals surface area contributed by atoms with Crippen molar-refractivity contribution in [3.63, 3.8) is 0 Å². The SMILES string of the molecule is CNC(=O)[C@H](Cc1ccccc1)NC(=O)[C@H](CCc1ccccc1)NC. The first-order valence-electron chi connectivity index (χ1n) is 8.91. The molecule has 0 unspecified atom stereocenters. The van der Waals surface area contributed by atoms with Crippen molar-refractivity contribution in [1.29, 1.82) is 0 Å². The van der Waals surface area contributed by atoms with E-state index in [2.05, 4.69) is 16.0 Å². The van der Waals surface area contributed by atoms with Gasteiger partial charge in [0.1, 0.15) is 6.04 Å². The van der Waals surface area contributed by atoms with Gasteiger partial charge in [-0.3, -0.25) is 9.59 Å². The smallest absolute Gasteiger partial charge is 0.242 e. The Kier molecular flexibility index (Phi) is 7.83. The highest BCUT2D eigenvalue weighted by Gasteiger charge is 2.24. The molecule has 5 nitrogen and oxygen atoms in total. The fourth-order valence-electron chi connectivity index (χ4n) is 2.87. The third-order valence-corrected chi connectivity index (χ3v) is 4.39. The Morgan fingerprint density at radius 1 is 0.808 bits per heavy atom. The summed E-state index contributed by atoms with van der Waals surface area (Å²) in [5, 5.41) is 8.58. The lowest BCUT2D eigenvalue weighted by molar-refractivity contribution is -0.129. The molecule has 0 aliphatic rings. The average molecular weight is 353 g/mol. The first-order chi connectivity index (χ1) is 12.6. The van der Waals surface area contributed by atoms with Crippen LogP contribution in [-0.4, -0.2) is 38.0 Å². The van der Waals surface area contributed by atoms with Crippen LogP contribution in [0.3, 0.4) is 0 Å². The van der Waals surface area contributed by atoms with Crippen LogP contribution in [0.1, 0.15) is 17.5 Å². The lowest BCUT2D eigenvalue weighted by atomic mass is 10.0. The van der Waals surface area contributed by atoms with Crippen LogP contribution in [0.2, 0.25) is 0 Å². The second-order valence-electron chi connectivity index (χ2n) is 6.23. The van der Waals surface area contributed by atoms with Gasteiger partial charge < -0.3 is 16.0 Å². The molecule has 26 heavy (non-hydrogen) atoms. The third kappa shape index (κ3) is 6.01. The second kappa shape index (κ2) is 10.4. The molecule has 0 radical (unpaired) electrons. The second-order valence-corrected chi connectivity index (χ2v) is 6.23. The summed E-state index contributed by atoms with van der Waals surface area (Å²) in [5.41, 5.74) is 2.19. The van der Waals surface area contributed by atoms with Gasteiger partial charge in [-0.15, -0.1) is 0 Å².